The summed E-state index contributed by atoms with van der Waals surface area (Å²) >= 11 is 7.92. The Bertz CT molecular complexity index is 1100. The van der Waals surface area contributed by atoms with E-state index in [9.17, 15) is 19.5 Å². The number of carbonyl (C=O) groups is 3. The van der Waals surface area contributed by atoms with Crippen molar-refractivity contribution in [2.45, 2.75) is 71.7 Å². The van der Waals surface area contributed by atoms with E-state index in [4.69, 9.17) is 16.3 Å². The average molecular weight is 564 g/mol. The molecule has 8 nitrogen and oxygen atoms in total. The van der Waals surface area contributed by atoms with Gasteiger partial charge in [0.05, 0.1) is 10.7 Å². The molecule has 0 heterocycles. The van der Waals surface area contributed by atoms with Crippen LogP contribution in [0.3, 0.4) is 0 Å². The molecule has 0 saturated heterocycles. The van der Waals surface area contributed by atoms with Gasteiger partial charge in [0.15, 0.2) is 0 Å². The van der Waals surface area contributed by atoms with Gasteiger partial charge in [0.25, 0.3) is 5.91 Å². The van der Waals surface area contributed by atoms with Gasteiger partial charge in [-0.25, -0.2) is 4.79 Å². The Hall–Kier alpha value is -2.91. The molecule has 0 aliphatic carbocycles. The van der Waals surface area contributed by atoms with Gasteiger partial charge in [0.1, 0.15) is 23.4 Å². The van der Waals surface area contributed by atoms with Gasteiger partial charge < -0.3 is 25.4 Å². The molecule has 0 aromatic heterocycles. The summed E-state index contributed by atoms with van der Waals surface area (Å²) in [6.07, 6.45) is 1.54. The standard InChI is InChI=1S/C28H38ClN3O5S/c1-17(2)32(26(35)22(15-16-38-7)30-27(36)37-28(4,5)6)24(19-11-13-20(33)14-12-19)25(34)31-23-18(3)9-8-10-21(23)29/h8-14,17,22,24,33H,15-16H2,1-7H3,(H,30,36)(H,31,34). The number of carbonyl (C=O) groups excluding carboxylic acids is 3. The molecule has 208 valence electrons. The van der Waals surface area contributed by atoms with Crippen LogP contribution in [0.5, 0.6) is 5.75 Å². The van der Waals surface area contributed by atoms with Crippen LogP contribution in [0.25, 0.3) is 0 Å². The second-order valence-electron chi connectivity index (χ2n) is 10.2. The summed E-state index contributed by atoms with van der Waals surface area (Å²) in [5.74, 6) is -0.270. The molecule has 0 saturated carbocycles. The molecule has 2 atom stereocenters. The predicted octanol–water partition coefficient (Wildman–Crippen LogP) is 5.92. The lowest BCUT2D eigenvalue weighted by atomic mass is 10.00. The predicted molar refractivity (Wildman–Crippen MR) is 154 cm³/mol. The number of ether oxygens (including phenoxy) is 1. The van der Waals surface area contributed by atoms with E-state index >= 15 is 0 Å². The molecule has 10 heteroatoms. The smallest absolute Gasteiger partial charge is 0.408 e. The van der Waals surface area contributed by atoms with Crippen molar-refractivity contribution in [1.82, 2.24) is 10.2 Å². The second-order valence-corrected chi connectivity index (χ2v) is 11.6. The van der Waals surface area contributed by atoms with E-state index in [0.29, 0.717) is 28.4 Å². The highest BCUT2D eigenvalue weighted by Gasteiger charge is 2.38. The number of benzene rings is 2. The molecule has 38 heavy (non-hydrogen) atoms. The number of rotatable bonds is 10. The third-order valence-corrected chi connectivity index (χ3v) is 6.57. The third kappa shape index (κ3) is 8.84. The van der Waals surface area contributed by atoms with Crippen LogP contribution in [0, 0.1) is 6.92 Å². The summed E-state index contributed by atoms with van der Waals surface area (Å²) in [5, 5.41) is 15.8. The molecule has 2 rings (SSSR count). The van der Waals surface area contributed by atoms with Crippen molar-refractivity contribution in [2.75, 3.05) is 17.3 Å². The first-order chi connectivity index (χ1) is 17.7. The van der Waals surface area contributed by atoms with Crippen LogP contribution in [0.2, 0.25) is 5.02 Å². The number of para-hydroxylation sites is 1. The molecule has 0 spiro atoms. The van der Waals surface area contributed by atoms with Crippen LogP contribution in [0.15, 0.2) is 42.5 Å². The zero-order valence-corrected chi connectivity index (χ0v) is 24.6. The molecular formula is C28H38ClN3O5S. The van der Waals surface area contributed by atoms with Crippen LogP contribution in [0.1, 0.15) is 58.2 Å². The molecule has 2 aromatic rings. The largest absolute Gasteiger partial charge is 0.508 e. The minimum atomic E-state index is -1.07. The highest BCUT2D eigenvalue weighted by Crippen LogP contribution is 2.31. The average Bonchev–Trinajstić information content (AvgIpc) is 2.81. The van der Waals surface area contributed by atoms with Crippen LogP contribution >= 0.6 is 23.4 Å². The number of hydrogen-bond acceptors (Lipinski definition) is 6. The van der Waals surface area contributed by atoms with E-state index in [1.54, 1.807) is 70.6 Å². The fourth-order valence-electron chi connectivity index (χ4n) is 3.88. The summed E-state index contributed by atoms with van der Waals surface area (Å²) in [4.78, 5) is 42.0. The van der Waals surface area contributed by atoms with E-state index in [1.807, 2.05) is 19.2 Å². The van der Waals surface area contributed by atoms with E-state index in [1.165, 1.54) is 17.0 Å². The normalized spacial score (nSPS) is 13.0. The van der Waals surface area contributed by atoms with Crippen molar-refractivity contribution in [1.29, 1.82) is 0 Å². The number of aryl methyl sites for hydroxylation is 1. The number of thioether (sulfide) groups is 1. The number of aromatic hydroxyl groups is 1. The highest BCUT2D eigenvalue weighted by atomic mass is 35.5. The molecule has 2 unspecified atom stereocenters. The maximum absolute atomic E-state index is 14.1. The second kappa shape index (κ2) is 13.8. The fourth-order valence-corrected chi connectivity index (χ4v) is 4.62. The molecule has 3 N–H and O–H groups in total. The van der Waals surface area contributed by atoms with Crippen molar-refractivity contribution in [3.05, 3.63) is 58.6 Å². The van der Waals surface area contributed by atoms with Crippen LogP contribution in [-0.4, -0.2) is 57.6 Å². The summed E-state index contributed by atoms with van der Waals surface area (Å²) in [6, 6.07) is 8.99. The van der Waals surface area contributed by atoms with Crippen LogP contribution in [0.4, 0.5) is 10.5 Å². The van der Waals surface area contributed by atoms with Gasteiger partial charge in [0.2, 0.25) is 5.91 Å². The number of phenols is 1. The molecule has 0 bridgehead atoms. The zero-order chi connectivity index (χ0) is 28.6. The van der Waals surface area contributed by atoms with Crippen LogP contribution in [-0.2, 0) is 14.3 Å². The van der Waals surface area contributed by atoms with Gasteiger partial charge in [0, 0.05) is 6.04 Å². The maximum atomic E-state index is 14.1. The van der Waals surface area contributed by atoms with E-state index in [0.717, 1.165) is 5.56 Å². The number of nitrogens with one attached hydrogen (secondary N) is 2. The summed E-state index contributed by atoms with van der Waals surface area (Å²) in [7, 11) is 0. The van der Waals surface area contributed by atoms with E-state index < -0.39 is 41.6 Å². The van der Waals surface area contributed by atoms with Gasteiger partial charge in [-0.05, 0) is 89.3 Å². The van der Waals surface area contributed by atoms with Crippen LogP contribution < -0.4 is 10.6 Å². The lowest BCUT2D eigenvalue weighted by molar-refractivity contribution is -0.143. The lowest BCUT2D eigenvalue weighted by Crippen LogP contribution is -2.54. The van der Waals surface area contributed by atoms with Crippen molar-refractivity contribution < 1.29 is 24.2 Å². The van der Waals surface area contributed by atoms with Crippen molar-refractivity contribution in [3.8, 4) is 5.75 Å². The van der Waals surface area contributed by atoms with Gasteiger partial charge in [-0.15, -0.1) is 0 Å². The monoisotopic (exact) mass is 563 g/mol. The highest BCUT2D eigenvalue weighted by molar-refractivity contribution is 7.98. The topological polar surface area (TPSA) is 108 Å². The van der Waals surface area contributed by atoms with E-state index in [2.05, 4.69) is 10.6 Å². The first-order valence-corrected chi connectivity index (χ1v) is 14.2. The SMILES string of the molecule is CSCCC(NC(=O)OC(C)(C)C)C(=O)N(C(C)C)C(C(=O)Nc1c(C)cccc1Cl)c1ccc(O)cc1. The van der Waals surface area contributed by atoms with Gasteiger partial charge >= 0.3 is 6.09 Å². The number of anilines is 1. The number of halogens is 1. The third-order valence-electron chi connectivity index (χ3n) is 5.62. The van der Waals surface area contributed by atoms with Crippen molar-refractivity contribution >= 4 is 47.0 Å². The van der Waals surface area contributed by atoms with Gasteiger partial charge in [-0.2, -0.15) is 11.8 Å². The molecule has 0 aliphatic heterocycles. The van der Waals surface area contributed by atoms with Crippen molar-refractivity contribution in [2.24, 2.45) is 0 Å². The summed E-state index contributed by atoms with van der Waals surface area (Å²) in [6.45, 7) is 10.7. The summed E-state index contributed by atoms with van der Waals surface area (Å²) < 4.78 is 5.40. The Labute approximate surface area is 234 Å². The molecule has 3 amide bonds. The molecule has 2 aromatic carbocycles. The van der Waals surface area contributed by atoms with E-state index in [-0.39, 0.29) is 5.75 Å². The minimum absolute atomic E-state index is 0.0294. The van der Waals surface area contributed by atoms with Gasteiger partial charge in [-0.1, -0.05) is 35.9 Å². The molecule has 0 fully saturated rings. The quantitative estimate of drug-likeness (QED) is 0.331. The maximum Gasteiger partial charge on any atom is 0.408 e. The van der Waals surface area contributed by atoms with Gasteiger partial charge in [-0.3, -0.25) is 9.59 Å². The molecule has 0 radical (unpaired) electrons. The first kappa shape index (κ1) is 31.3. The first-order valence-electron chi connectivity index (χ1n) is 12.4. The Morgan fingerprint density at radius 2 is 1.74 bits per heavy atom. The Kier molecular flexibility index (Phi) is 11.3. The Morgan fingerprint density at radius 3 is 2.26 bits per heavy atom. The zero-order valence-electron chi connectivity index (χ0n) is 23.0. The number of hydrogen-bond donors (Lipinski definition) is 3. The minimum Gasteiger partial charge on any atom is -0.508 e. The number of amides is 3. The summed E-state index contributed by atoms with van der Waals surface area (Å²) in [5.41, 5.74) is 0.968. The van der Waals surface area contributed by atoms with Crippen molar-refractivity contribution in [3.63, 3.8) is 0 Å². The number of phenolic OH excluding ortho intramolecular Hbond substituents is 1. The number of alkyl carbamates (subject to hydrolysis) is 1. The number of nitrogens with zero attached hydrogens (tertiary/aromatic N) is 1. The molecule has 0 aliphatic rings. The molecular weight excluding hydrogens is 526 g/mol. The lowest BCUT2D eigenvalue weighted by Gasteiger charge is -2.37. The Morgan fingerprint density at radius 1 is 1.11 bits per heavy atom. The Balaban J connectivity index is 2.53. The fraction of sp³-hybridized carbons (Fsp3) is 0.464.